The van der Waals surface area contributed by atoms with Gasteiger partial charge in [-0.2, -0.15) is 13.2 Å². The largest absolute Gasteiger partial charge is 0.478 e. The van der Waals surface area contributed by atoms with Crippen molar-refractivity contribution in [1.29, 1.82) is 0 Å². The molecule has 0 amide bonds. The highest BCUT2D eigenvalue weighted by molar-refractivity contribution is 5.90. The predicted molar refractivity (Wildman–Crippen MR) is 64.0 cm³/mol. The summed E-state index contributed by atoms with van der Waals surface area (Å²) >= 11 is 0. The van der Waals surface area contributed by atoms with Crippen LogP contribution in [0.4, 0.5) is 28.9 Å². The molecular formula is C11H10F4N2O4. The Bertz CT molecular complexity index is 574. The molecule has 1 N–H and O–H groups in total. The standard InChI is InChI=1S/C11H10F4N2O4/c1-2-16(5-11(13,14)15)8-4-7(12)6(10(18)19)3-9(8)17(20)21/h3-4H,2,5H2,1H3,(H,18,19). The molecule has 0 atom stereocenters. The second kappa shape index (κ2) is 5.94. The lowest BCUT2D eigenvalue weighted by Gasteiger charge is -2.24. The number of hydrogen-bond donors (Lipinski definition) is 1. The predicted octanol–water partition coefficient (Wildman–Crippen LogP) is 2.82. The number of carbonyl (C=O) groups is 1. The first-order chi connectivity index (χ1) is 9.56. The fraction of sp³-hybridized carbons (Fsp3) is 0.364. The van der Waals surface area contributed by atoms with Gasteiger partial charge in [0.05, 0.1) is 4.92 Å². The molecule has 0 heterocycles. The molecule has 0 aliphatic heterocycles. The number of benzene rings is 1. The molecule has 0 unspecified atom stereocenters. The third-order valence-electron chi connectivity index (χ3n) is 2.58. The molecule has 0 spiro atoms. The Morgan fingerprint density at radius 2 is 2.00 bits per heavy atom. The number of anilines is 1. The fourth-order valence-corrected chi connectivity index (χ4v) is 1.70. The summed E-state index contributed by atoms with van der Waals surface area (Å²) in [5.41, 5.74) is -2.50. The Morgan fingerprint density at radius 3 is 2.38 bits per heavy atom. The van der Waals surface area contributed by atoms with Crippen molar-refractivity contribution >= 4 is 17.3 Å². The number of carboxylic acid groups (broad SMARTS) is 1. The monoisotopic (exact) mass is 310 g/mol. The van der Waals surface area contributed by atoms with Crippen LogP contribution in [0, 0.1) is 15.9 Å². The zero-order chi connectivity index (χ0) is 16.4. The lowest BCUT2D eigenvalue weighted by Crippen LogP contribution is -2.34. The fourth-order valence-electron chi connectivity index (χ4n) is 1.70. The molecule has 0 saturated heterocycles. The van der Waals surface area contributed by atoms with Crippen molar-refractivity contribution in [3.8, 4) is 0 Å². The molecule has 0 radical (unpaired) electrons. The van der Waals surface area contributed by atoms with Crippen molar-refractivity contribution in [3.63, 3.8) is 0 Å². The summed E-state index contributed by atoms with van der Waals surface area (Å²) in [4.78, 5) is 21.1. The van der Waals surface area contributed by atoms with Gasteiger partial charge >= 0.3 is 12.1 Å². The summed E-state index contributed by atoms with van der Waals surface area (Å²) in [7, 11) is 0. The average molecular weight is 310 g/mol. The lowest BCUT2D eigenvalue weighted by atomic mass is 10.1. The van der Waals surface area contributed by atoms with Crippen molar-refractivity contribution in [3.05, 3.63) is 33.6 Å². The summed E-state index contributed by atoms with van der Waals surface area (Å²) in [6.45, 7) is -0.485. The number of alkyl halides is 3. The highest BCUT2D eigenvalue weighted by Gasteiger charge is 2.33. The number of aromatic carboxylic acids is 1. The average Bonchev–Trinajstić information content (AvgIpc) is 2.33. The minimum absolute atomic E-state index is 0.272. The molecule has 116 valence electrons. The first-order valence-electron chi connectivity index (χ1n) is 5.59. The van der Waals surface area contributed by atoms with Gasteiger partial charge in [-0.1, -0.05) is 0 Å². The summed E-state index contributed by atoms with van der Waals surface area (Å²) < 4.78 is 50.8. The Hall–Kier alpha value is -2.39. The number of rotatable bonds is 5. The van der Waals surface area contributed by atoms with Crippen LogP contribution in [0.25, 0.3) is 0 Å². The molecule has 1 aromatic carbocycles. The van der Waals surface area contributed by atoms with Crippen LogP contribution in [0.5, 0.6) is 0 Å². The van der Waals surface area contributed by atoms with Gasteiger partial charge in [-0.25, -0.2) is 9.18 Å². The van der Waals surface area contributed by atoms with Gasteiger partial charge in [-0.15, -0.1) is 0 Å². The molecule has 0 aromatic heterocycles. The van der Waals surface area contributed by atoms with Crippen molar-refractivity contribution < 1.29 is 32.4 Å². The zero-order valence-corrected chi connectivity index (χ0v) is 10.6. The van der Waals surface area contributed by atoms with E-state index in [0.717, 1.165) is 0 Å². The third-order valence-corrected chi connectivity index (χ3v) is 2.58. The molecule has 1 rings (SSSR count). The Kier molecular flexibility index (Phi) is 4.71. The van der Waals surface area contributed by atoms with Crippen molar-refractivity contribution in [2.45, 2.75) is 13.1 Å². The van der Waals surface area contributed by atoms with Gasteiger partial charge < -0.3 is 10.0 Å². The number of nitro benzene ring substituents is 1. The highest BCUT2D eigenvalue weighted by atomic mass is 19.4. The Morgan fingerprint density at radius 1 is 1.43 bits per heavy atom. The molecule has 0 aliphatic carbocycles. The SMILES string of the molecule is CCN(CC(F)(F)F)c1cc(F)c(C(=O)O)cc1[N+](=O)[O-]. The number of halogens is 4. The summed E-state index contributed by atoms with van der Waals surface area (Å²) in [6, 6.07) is 0.836. The quantitative estimate of drug-likeness (QED) is 0.513. The number of nitro groups is 1. The van der Waals surface area contributed by atoms with Crippen LogP contribution >= 0.6 is 0 Å². The van der Waals surface area contributed by atoms with Crippen LogP contribution < -0.4 is 4.90 Å². The minimum Gasteiger partial charge on any atom is -0.478 e. The molecule has 0 aliphatic rings. The smallest absolute Gasteiger partial charge is 0.405 e. The van der Waals surface area contributed by atoms with E-state index < -0.39 is 46.4 Å². The van der Waals surface area contributed by atoms with Crippen LogP contribution in [-0.4, -0.2) is 35.3 Å². The molecule has 1 aromatic rings. The van der Waals surface area contributed by atoms with E-state index in [4.69, 9.17) is 5.11 Å². The van der Waals surface area contributed by atoms with E-state index in [1.807, 2.05) is 0 Å². The van der Waals surface area contributed by atoms with Gasteiger partial charge in [0.1, 0.15) is 23.6 Å². The zero-order valence-electron chi connectivity index (χ0n) is 10.6. The molecule has 0 saturated carbocycles. The van der Waals surface area contributed by atoms with Crippen molar-refractivity contribution in [1.82, 2.24) is 0 Å². The molecule has 6 nitrogen and oxygen atoms in total. The summed E-state index contributed by atoms with van der Waals surface area (Å²) in [6.07, 6.45) is -4.65. The number of nitrogens with zero attached hydrogens (tertiary/aromatic N) is 2. The first-order valence-corrected chi connectivity index (χ1v) is 5.59. The van der Waals surface area contributed by atoms with Gasteiger partial charge in [-0.3, -0.25) is 10.1 Å². The maximum Gasteiger partial charge on any atom is 0.405 e. The van der Waals surface area contributed by atoms with Gasteiger partial charge in [-0.05, 0) is 6.92 Å². The van der Waals surface area contributed by atoms with Gasteiger partial charge in [0, 0.05) is 18.7 Å². The van der Waals surface area contributed by atoms with Gasteiger partial charge in [0.25, 0.3) is 5.69 Å². The number of hydrogen-bond acceptors (Lipinski definition) is 4. The molecular weight excluding hydrogens is 300 g/mol. The lowest BCUT2D eigenvalue weighted by molar-refractivity contribution is -0.384. The van der Waals surface area contributed by atoms with Crippen molar-refractivity contribution in [2.24, 2.45) is 0 Å². The minimum atomic E-state index is -4.65. The normalized spacial score (nSPS) is 11.3. The van der Waals surface area contributed by atoms with Crippen LogP contribution in [0.2, 0.25) is 0 Å². The van der Waals surface area contributed by atoms with Gasteiger partial charge in [0.2, 0.25) is 0 Å². The molecule has 21 heavy (non-hydrogen) atoms. The van der Waals surface area contributed by atoms with E-state index >= 15 is 0 Å². The van der Waals surface area contributed by atoms with E-state index in [0.29, 0.717) is 17.0 Å². The summed E-state index contributed by atoms with van der Waals surface area (Å²) in [5.74, 6) is -3.09. The molecule has 10 heteroatoms. The topological polar surface area (TPSA) is 83.7 Å². The summed E-state index contributed by atoms with van der Waals surface area (Å²) in [5, 5.41) is 19.6. The van der Waals surface area contributed by atoms with Crippen LogP contribution in [0.15, 0.2) is 12.1 Å². The van der Waals surface area contributed by atoms with E-state index in [1.165, 1.54) is 6.92 Å². The Balaban J connectivity index is 3.42. The first kappa shape index (κ1) is 16.7. The highest BCUT2D eigenvalue weighted by Crippen LogP contribution is 2.33. The second-order valence-corrected chi connectivity index (χ2v) is 4.01. The number of carboxylic acids is 1. The second-order valence-electron chi connectivity index (χ2n) is 4.01. The van der Waals surface area contributed by atoms with E-state index in [9.17, 15) is 32.5 Å². The van der Waals surface area contributed by atoms with E-state index in [1.54, 1.807) is 0 Å². The van der Waals surface area contributed by atoms with E-state index in [2.05, 4.69) is 0 Å². The maximum atomic E-state index is 13.6. The van der Waals surface area contributed by atoms with Crippen LogP contribution in [-0.2, 0) is 0 Å². The van der Waals surface area contributed by atoms with Crippen LogP contribution in [0.3, 0.4) is 0 Å². The maximum absolute atomic E-state index is 13.6. The molecule has 0 bridgehead atoms. The molecule has 0 fully saturated rings. The van der Waals surface area contributed by atoms with Gasteiger partial charge in [0.15, 0.2) is 0 Å². The van der Waals surface area contributed by atoms with E-state index in [-0.39, 0.29) is 6.54 Å². The Labute approximate surface area is 115 Å². The van der Waals surface area contributed by atoms with Crippen LogP contribution in [0.1, 0.15) is 17.3 Å². The van der Waals surface area contributed by atoms with Crippen molar-refractivity contribution in [2.75, 3.05) is 18.0 Å². The third kappa shape index (κ3) is 4.04.